The summed E-state index contributed by atoms with van der Waals surface area (Å²) in [6, 6.07) is 0. The van der Waals surface area contributed by atoms with Crippen LogP contribution in [0.25, 0.3) is 0 Å². The van der Waals surface area contributed by atoms with Gasteiger partial charge in [-0.2, -0.15) is 0 Å². The Morgan fingerprint density at radius 1 is 1.08 bits per heavy atom. The normalized spacial score (nSPS) is 13.4. The van der Waals surface area contributed by atoms with Crippen LogP contribution in [0.15, 0.2) is 36.0 Å². The molecule has 0 aromatic heterocycles. The number of hydrogen-bond donors (Lipinski definition) is 0. The van der Waals surface area contributed by atoms with Crippen LogP contribution in [0.4, 0.5) is 0 Å². The van der Waals surface area contributed by atoms with Gasteiger partial charge in [-0.15, -0.1) is 0 Å². The van der Waals surface area contributed by atoms with E-state index in [4.69, 9.17) is 0 Å². The summed E-state index contributed by atoms with van der Waals surface area (Å²) >= 11 is 0. The highest BCUT2D eigenvalue weighted by molar-refractivity contribution is 5.15. The fourth-order valence-corrected chi connectivity index (χ4v) is 0.976. The Hall–Kier alpha value is -0.780. The average molecular weight is 164 g/mol. The molecule has 0 fully saturated rings. The smallest absolute Gasteiger partial charge is 0.0323 e. The molecule has 0 heteroatoms. The molecular formula is C12H20. The lowest BCUT2D eigenvalue weighted by Gasteiger charge is -1.92. The molecule has 0 amide bonds. The first-order valence-corrected chi connectivity index (χ1v) is 4.80. The van der Waals surface area contributed by atoms with Crippen LogP contribution >= 0.6 is 0 Å². The van der Waals surface area contributed by atoms with Crippen LogP contribution in [0, 0.1) is 0 Å². The maximum absolute atomic E-state index is 2.21. The monoisotopic (exact) mass is 164 g/mol. The van der Waals surface area contributed by atoms with Crippen LogP contribution in [0.1, 0.15) is 40.0 Å². The van der Waals surface area contributed by atoms with Crippen molar-refractivity contribution in [1.82, 2.24) is 0 Å². The van der Waals surface area contributed by atoms with Crippen LogP contribution in [0.3, 0.4) is 0 Å². The van der Waals surface area contributed by atoms with Gasteiger partial charge in [0.1, 0.15) is 0 Å². The van der Waals surface area contributed by atoms with E-state index in [-0.39, 0.29) is 0 Å². The summed E-state index contributed by atoms with van der Waals surface area (Å²) in [5.74, 6) is 0. The fraction of sp³-hybridized carbons (Fsp3) is 0.500. The third-order valence-corrected chi connectivity index (χ3v) is 1.62. The summed E-state index contributed by atoms with van der Waals surface area (Å²) in [7, 11) is 0. The van der Waals surface area contributed by atoms with Crippen molar-refractivity contribution in [1.29, 1.82) is 0 Å². The van der Waals surface area contributed by atoms with Gasteiger partial charge in [0.2, 0.25) is 0 Å². The molecule has 0 spiro atoms. The lowest BCUT2D eigenvalue weighted by Crippen LogP contribution is -1.71. The molecule has 0 radical (unpaired) electrons. The molecule has 0 atom stereocenters. The van der Waals surface area contributed by atoms with Gasteiger partial charge in [-0.3, -0.25) is 0 Å². The van der Waals surface area contributed by atoms with Gasteiger partial charge < -0.3 is 0 Å². The predicted molar refractivity (Wildman–Crippen MR) is 57.2 cm³/mol. The maximum Gasteiger partial charge on any atom is -0.0323 e. The van der Waals surface area contributed by atoms with Crippen molar-refractivity contribution in [3.05, 3.63) is 36.0 Å². The molecule has 0 aromatic rings. The average Bonchev–Trinajstić information content (AvgIpc) is 2.05. The van der Waals surface area contributed by atoms with E-state index in [0.717, 1.165) is 6.42 Å². The Kier molecular flexibility index (Phi) is 7.78. The molecule has 0 saturated carbocycles. The van der Waals surface area contributed by atoms with E-state index in [9.17, 15) is 0 Å². The fourth-order valence-electron chi connectivity index (χ4n) is 0.976. The summed E-state index contributed by atoms with van der Waals surface area (Å²) in [6.45, 7) is 6.53. The molecule has 0 aromatic carbocycles. The zero-order valence-corrected chi connectivity index (χ0v) is 8.51. The molecule has 0 saturated heterocycles. The van der Waals surface area contributed by atoms with Crippen molar-refractivity contribution < 1.29 is 0 Å². The van der Waals surface area contributed by atoms with E-state index in [1.807, 2.05) is 0 Å². The summed E-state index contributed by atoms with van der Waals surface area (Å²) in [6.07, 6.45) is 14.2. The standard InChI is InChI=1S/C12H20/c1-4-6-7-8-9-11-12(3)10-5-2/h6-9,11H,4-5,10H2,1-3H3/b7-6+,9-8-,12-11+. The van der Waals surface area contributed by atoms with Crippen LogP contribution in [-0.4, -0.2) is 0 Å². The second-order valence-electron chi connectivity index (χ2n) is 2.98. The first-order valence-electron chi connectivity index (χ1n) is 4.80. The second kappa shape index (κ2) is 8.32. The molecule has 68 valence electrons. The van der Waals surface area contributed by atoms with Crippen molar-refractivity contribution in [2.24, 2.45) is 0 Å². The van der Waals surface area contributed by atoms with E-state index in [2.05, 4.69) is 51.2 Å². The van der Waals surface area contributed by atoms with Crippen molar-refractivity contribution in [3.8, 4) is 0 Å². The molecule has 12 heavy (non-hydrogen) atoms. The van der Waals surface area contributed by atoms with Gasteiger partial charge in [0.25, 0.3) is 0 Å². The van der Waals surface area contributed by atoms with E-state index in [1.165, 1.54) is 18.4 Å². The summed E-state index contributed by atoms with van der Waals surface area (Å²) in [4.78, 5) is 0. The first-order chi connectivity index (χ1) is 5.81. The van der Waals surface area contributed by atoms with E-state index in [0.29, 0.717) is 0 Å². The lowest BCUT2D eigenvalue weighted by molar-refractivity contribution is 0.906. The van der Waals surface area contributed by atoms with E-state index < -0.39 is 0 Å². The molecule has 0 rings (SSSR count). The molecule has 0 aliphatic carbocycles. The Morgan fingerprint density at radius 2 is 1.83 bits per heavy atom. The molecule has 0 aliphatic heterocycles. The second-order valence-corrected chi connectivity index (χ2v) is 2.98. The van der Waals surface area contributed by atoms with Crippen molar-refractivity contribution >= 4 is 0 Å². The SMILES string of the molecule is CC/C=C/C=C\C=C(/C)CCC. The Morgan fingerprint density at radius 3 is 2.42 bits per heavy atom. The Labute approximate surface area is 76.7 Å². The molecule has 0 heterocycles. The molecule has 0 N–H and O–H groups in total. The largest absolute Gasteiger partial charge is 0.0848 e. The molecule has 0 nitrogen and oxygen atoms in total. The van der Waals surface area contributed by atoms with Crippen LogP contribution in [0.5, 0.6) is 0 Å². The van der Waals surface area contributed by atoms with Crippen LogP contribution < -0.4 is 0 Å². The third kappa shape index (κ3) is 7.33. The summed E-state index contributed by atoms with van der Waals surface area (Å²) in [5.41, 5.74) is 1.46. The van der Waals surface area contributed by atoms with E-state index >= 15 is 0 Å². The predicted octanol–water partition coefficient (Wildman–Crippen LogP) is 4.26. The van der Waals surface area contributed by atoms with Gasteiger partial charge in [0.05, 0.1) is 0 Å². The zero-order chi connectivity index (χ0) is 9.23. The minimum Gasteiger partial charge on any atom is -0.0848 e. The number of allylic oxidation sites excluding steroid dienone is 6. The zero-order valence-electron chi connectivity index (χ0n) is 8.51. The molecule has 0 unspecified atom stereocenters. The maximum atomic E-state index is 2.21. The van der Waals surface area contributed by atoms with Gasteiger partial charge in [-0.1, -0.05) is 56.2 Å². The van der Waals surface area contributed by atoms with Gasteiger partial charge in [0.15, 0.2) is 0 Å². The first kappa shape index (κ1) is 11.2. The topological polar surface area (TPSA) is 0 Å². The Bertz CT molecular complexity index is 170. The van der Waals surface area contributed by atoms with Crippen molar-refractivity contribution in [2.45, 2.75) is 40.0 Å². The highest BCUT2D eigenvalue weighted by Gasteiger charge is 1.81. The van der Waals surface area contributed by atoms with Crippen LogP contribution in [-0.2, 0) is 0 Å². The molecular weight excluding hydrogens is 144 g/mol. The van der Waals surface area contributed by atoms with Crippen molar-refractivity contribution in [2.75, 3.05) is 0 Å². The lowest BCUT2D eigenvalue weighted by atomic mass is 10.1. The quantitative estimate of drug-likeness (QED) is 0.533. The van der Waals surface area contributed by atoms with Crippen LogP contribution in [0.2, 0.25) is 0 Å². The highest BCUT2D eigenvalue weighted by Crippen LogP contribution is 2.02. The summed E-state index contributed by atoms with van der Waals surface area (Å²) in [5, 5.41) is 0. The number of hydrogen-bond acceptors (Lipinski definition) is 0. The van der Waals surface area contributed by atoms with E-state index in [1.54, 1.807) is 0 Å². The molecule has 0 bridgehead atoms. The third-order valence-electron chi connectivity index (χ3n) is 1.62. The highest BCUT2D eigenvalue weighted by atomic mass is 13.9. The summed E-state index contributed by atoms with van der Waals surface area (Å²) < 4.78 is 0. The van der Waals surface area contributed by atoms with Crippen molar-refractivity contribution in [3.63, 3.8) is 0 Å². The van der Waals surface area contributed by atoms with Gasteiger partial charge in [-0.25, -0.2) is 0 Å². The van der Waals surface area contributed by atoms with Gasteiger partial charge >= 0.3 is 0 Å². The number of rotatable bonds is 5. The Balaban J connectivity index is 3.70. The van der Waals surface area contributed by atoms with Gasteiger partial charge in [-0.05, 0) is 19.8 Å². The minimum absolute atomic E-state index is 1.11. The minimum atomic E-state index is 1.11. The molecule has 0 aliphatic rings. The van der Waals surface area contributed by atoms with Gasteiger partial charge in [0, 0.05) is 0 Å².